The molecule has 0 aromatic heterocycles. The number of nitrogens with one attached hydrogen (secondary N) is 1. The Balaban J connectivity index is 2.65. The van der Waals surface area contributed by atoms with E-state index in [1.54, 1.807) is 26.0 Å². The predicted molar refractivity (Wildman–Crippen MR) is 66.6 cm³/mol. The van der Waals surface area contributed by atoms with E-state index < -0.39 is 6.09 Å². The van der Waals surface area contributed by atoms with E-state index in [9.17, 15) is 4.79 Å². The Bertz CT molecular complexity index is 368. The Morgan fingerprint density at radius 3 is 2.73 bits per heavy atom. The van der Waals surface area contributed by atoms with Crippen molar-refractivity contribution >= 4 is 40.3 Å². The molecule has 1 aromatic carbocycles. The van der Waals surface area contributed by atoms with Crippen molar-refractivity contribution in [2.24, 2.45) is 0 Å². The van der Waals surface area contributed by atoms with Crippen molar-refractivity contribution in [3.63, 3.8) is 0 Å². The van der Waals surface area contributed by atoms with Gasteiger partial charge in [-0.05, 0) is 48.0 Å². The van der Waals surface area contributed by atoms with Crippen molar-refractivity contribution in [3.8, 4) is 0 Å². The molecule has 0 atom stereocenters. The van der Waals surface area contributed by atoms with Gasteiger partial charge in [-0.1, -0.05) is 0 Å². The molecule has 1 rings (SSSR count). The topological polar surface area (TPSA) is 38.3 Å². The van der Waals surface area contributed by atoms with Gasteiger partial charge in [0.15, 0.2) is 0 Å². The summed E-state index contributed by atoms with van der Waals surface area (Å²) in [4.78, 5) is 12.0. The highest BCUT2D eigenvalue weighted by Gasteiger charge is 2.06. The molecule has 0 heterocycles. The van der Waals surface area contributed by atoms with Gasteiger partial charge in [0.25, 0.3) is 0 Å². The molecule has 0 aliphatic carbocycles. The first-order valence-electron chi connectivity index (χ1n) is 4.45. The van der Waals surface area contributed by atoms with Crippen LogP contribution in [-0.2, 0) is 4.74 Å². The van der Waals surface area contributed by atoms with Crippen LogP contribution in [0.4, 0.5) is 10.5 Å². The Labute approximate surface area is 103 Å². The second-order valence-electron chi connectivity index (χ2n) is 3.25. The summed E-state index contributed by atoms with van der Waals surface area (Å²) >= 11 is 7.54. The van der Waals surface area contributed by atoms with Crippen LogP contribution in [0.25, 0.3) is 0 Å². The molecule has 5 heteroatoms. The minimum Gasteiger partial charge on any atom is -0.447 e. The summed E-state index contributed by atoms with van der Waals surface area (Å²) in [5.41, 5.74) is 0.661. The zero-order chi connectivity index (χ0) is 11.4. The molecule has 1 amide bonds. The van der Waals surface area contributed by atoms with Crippen molar-refractivity contribution in [2.75, 3.05) is 5.32 Å². The number of carbonyl (C=O) groups excluding carboxylic acids is 1. The van der Waals surface area contributed by atoms with Gasteiger partial charge in [0.1, 0.15) is 0 Å². The summed E-state index contributed by atoms with van der Waals surface area (Å²) in [6.45, 7) is 3.59. The van der Waals surface area contributed by atoms with Crippen molar-refractivity contribution < 1.29 is 9.53 Å². The quantitative estimate of drug-likeness (QED) is 0.815. The van der Waals surface area contributed by atoms with E-state index in [1.165, 1.54) is 0 Å². The zero-order valence-corrected chi connectivity index (χ0v) is 10.9. The van der Waals surface area contributed by atoms with Crippen LogP contribution in [0.1, 0.15) is 13.8 Å². The van der Waals surface area contributed by atoms with E-state index >= 15 is 0 Å². The van der Waals surface area contributed by atoms with Gasteiger partial charge in [-0.15, -0.1) is 12.6 Å². The number of thiol groups is 1. The summed E-state index contributed by atoms with van der Waals surface area (Å²) in [6.07, 6.45) is -0.587. The molecule has 1 aromatic rings. The normalized spacial score (nSPS) is 10.2. The lowest BCUT2D eigenvalue weighted by atomic mass is 10.3. The maximum atomic E-state index is 11.2. The lowest BCUT2D eigenvalue weighted by molar-refractivity contribution is 0.130. The van der Waals surface area contributed by atoms with Crippen LogP contribution in [0.15, 0.2) is 27.6 Å². The van der Waals surface area contributed by atoms with Crippen LogP contribution in [0.3, 0.4) is 0 Å². The first-order valence-corrected chi connectivity index (χ1v) is 5.69. The first kappa shape index (κ1) is 12.4. The lowest BCUT2D eigenvalue weighted by Gasteiger charge is -2.10. The number of amides is 1. The van der Waals surface area contributed by atoms with Gasteiger partial charge in [0.2, 0.25) is 0 Å². The van der Waals surface area contributed by atoms with Crippen molar-refractivity contribution in [1.82, 2.24) is 0 Å². The predicted octanol–water partition coefficient (Wildman–Crippen LogP) is 3.69. The van der Waals surface area contributed by atoms with Crippen LogP contribution < -0.4 is 5.32 Å². The van der Waals surface area contributed by atoms with Crippen LogP contribution in [0, 0.1) is 0 Å². The zero-order valence-electron chi connectivity index (χ0n) is 8.45. The fraction of sp³-hybridized carbons (Fsp3) is 0.300. The Hall–Kier alpha value is -0.680. The number of carbonyl (C=O) groups is 1. The fourth-order valence-electron chi connectivity index (χ4n) is 0.952. The molecule has 15 heavy (non-hydrogen) atoms. The Morgan fingerprint density at radius 1 is 1.53 bits per heavy atom. The Kier molecular flexibility index (Phi) is 4.47. The molecule has 0 radical (unpaired) electrons. The smallest absolute Gasteiger partial charge is 0.411 e. The number of hydrogen-bond donors (Lipinski definition) is 2. The molecule has 0 saturated carbocycles. The number of ether oxygens (including phenoxy) is 1. The maximum Gasteiger partial charge on any atom is 0.411 e. The van der Waals surface area contributed by atoms with E-state index in [1.807, 2.05) is 6.07 Å². The molecule has 82 valence electrons. The molecule has 0 bridgehead atoms. The molecule has 0 fully saturated rings. The van der Waals surface area contributed by atoms with Gasteiger partial charge in [-0.3, -0.25) is 5.32 Å². The average Bonchev–Trinajstić information content (AvgIpc) is 2.10. The molecule has 0 saturated heterocycles. The number of anilines is 1. The van der Waals surface area contributed by atoms with Gasteiger partial charge in [0.05, 0.1) is 6.10 Å². The number of halogens is 1. The molecule has 0 unspecified atom stereocenters. The minimum absolute atomic E-state index is 0.129. The van der Waals surface area contributed by atoms with Gasteiger partial charge in [-0.25, -0.2) is 4.79 Å². The SMILES string of the molecule is CC(C)OC(=O)Nc1ccc(Br)c(S)c1. The molecular weight excluding hydrogens is 278 g/mol. The van der Waals surface area contributed by atoms with E-state index in [-0.39, 0.29) is 6.10 Å². The van der Waals surface area contributed by atoms with Gasteiger partial charge in [0, 0.05) is 15.1 Å². The van der Waals surface area contributed by atoms with Crippen LogP contribution in [0.2, 0.25) is 0 Å². The van der Waals surface area contributed by atoms with E-state index in [4.69, 9.17) is 4.74 Å². The van der Waals surface area contributed by atoms with E-state index in [2.05, 4.69) is 33.9 Å². The average molecular weight is 290 g/mol. The third-order valence-electron chi connectivity index (χ3n) is 1.54. The second kappa shape index (κ2) is 5.42. The Morgan fingerprint density at radius 2 is 2.20 bits per heavy atom. The summed E-state index contributed by atoms with van der Waals surface area (Å²) in [5.74, 6) is 0. The maximum absolute atomic E-state index is 11.2. The molecular formula is C10H12BrNO2S. The summed E-state index contributed by atoms with van der Waals surface area (Å²) < 4.78 is 5.82. The lowest BCUT2D eigenvalue weighted by Crippen LogP contribution is -2.17. The number of benzene rings is 1. The molecule has 0 aliphatic rings. The van der Waals surface area contributed by atoms with Crippen molar-refractivity contribution in [2.45, 2.75) is 24.8 Å². The highest BCUT2D eigenvalue weighted by Crippen LogP contribution is 2.24. The third kappa shape index (κ3) is 4.13. The van der Waals surface area contributed by atoms with Gasteiger partial charge in [-0.2, -0.15) is 0 Å². The number of rotatable bonds is 2. The highest BCUT2D eigenvalue weighted by atomic mass is 79.9. The molecule has 1 N–H and O–H groups in total. The van der Waals surface area contributed by atoms with Crippen molar-refractivity contribution in [3.05, 3.63) is 22.7 Å². The molecule has 0 spiro atoms. The minimum atomic E-state index is -0.458. The van der Waals surface area contributed by atoms with Gasteiger partial charge < -0.3 is 4.74 Å². The van der Waals surface area contributed by atoms with Gasteiger partial charge >= 0.3 is 6.09 Å². The van der Waals surface area contributed by atoms with Crippen LogP contribution in [-0.4, -0.2) is 12.2 Å². The summed E-state index contributed by atoms with van der Waals surface area (Å²) in [7, 11) is 0. The van der Waals surface area contributed by atoms with Crippen LogP contribution in [0.5, 0.6) is 0 Å². The third-order valence-corrected chi connectivity index (χ3v) is 2.90. The van der Waals surface area contributed by atoms with Crippen molar-refractivity contribution in [1.29, 1.82) is 0 Å². The molecule has 3 nitrogen and oxygen atoms in total. The molecule has 0 aliphatic heterocycles. The standard InChI is InChI=1S/C10H12BrNO2S/c1-6(2)14-10(13)12-7-3-4-8(11)9(15)5-7/h3-6,15H,1-2H3,(H,12,13). The van der Waals surface area contributed by atoms with E-state index in [0.717, 1.165) is 9.37 Å². The second-order valence-corrected chi connectivity index (χ2v) is 4.58. The van der Waals surface area contributed by atoms with E-state index in [0.29, 0.717) is 5.69 Å². The highest BCUT2D eigenvalue weighted by molar-refractivity contribution is 9.10. The summed E-state index contributed by atoms with van der Waals surface area (Å²) in [5, 5.41) is 2.61. The summed E-state index contributed by atoms with van der Waals surface area (Å²) in [6, 6.07) is 5.33. The largest absolute Gasteiger partial charge is 0.447 e. The van der Waals surface area contributed by atoms with Crippen LogP contribution >= 0.6 is 28.6 Å². The monoisotopic (exact) mass is 289 g/mol. The first-order chi connectivity index (χ1) is 6.99. The number of hydrogen-bond acceptors (Lipinski definition) is 3. The fourth-order valence-corrected chi connectivity index (χ4v) is 1.41.